The van der Waals surface area contributed by atoms with Crippen molar-refractivity contribution < 1.29 is 19.1 Å². The minimum absolute atomic E-state index is 0.0768. The van der Waals surface area contributed by atoms with Crippen molar-refractivity contribution in [3.63, 3.8) is 0 Å². The molecular formula is C22H28N2O4. The van der Waals surface area contributed by atoms with Crippen LogP contribution < -0.4 is 20.1 Å². The first kappa shape index (κ1) is 21.3. The van der Waals surface area contributed by atoms with E-state index in [1.54, 1.807) is 38.5 Å². The first-order chi connectivity index (χ1) is 13.4. The lowest BCUT2D eigenvalue weighted by molar-refractivity contribution is -0.124. The molecule has 2 amide bonds. The molecule has 2 atom stereocenters. The topological polar surface area (TPSA) is 76.7 Å². The highest BCUT2D eigenvalue weighted by Gasteiger charge is 2.26. The quantitative estimate of drug-likeness (QED) is 0.732. The zero-order valence-electron chi connectivity index (χ0n) is 17.0. The third-order valence-electron chi connectivity index (χ3n) is 4.55. The SMILES string of the molecule is COc1ccc(C(=O)NC(C(=O)NC(C)c2ccccc2OC)C(C)C)cc1. The van der Waals surface area contributed by atoms with Gasteiger partial charge in [0.1, 0.15) is 17.5 Å². The number of benzene rings is 2. The number of nitrogens with one attached hydrogen (secondary N) is 2. The van der Waals surface area contributed by atoms with Crippen LogP contribution >= 0.6 is 0 Å². The van der Waals surface area contributed by atoms with Crippen molar-refractivity contribution in [2.75, 3.05) is 14.2 Å². The highest BCUT2D eigenvalue weighted by molar-refractivity contribution is 5.97. The average Bonchev–Trinajstić information content (AvgIpc) is 2.71. The second-order valence-corrected chi connectivity index (χ2v) is 6.90. The van der Waals surface area contributed by atoms with Crippen LogP contribution in [0.25, 0.3) is 0 Å². The van der Waals surface area contributed by atoms with Crippen molar-refractivity contribution in [1.82, 2.24) is 10.6 Å². The average molecular weight is 384 g/mol. The van der Waals surface area contributed by atoms with Gasteiger partial charge in [0.05, 0.1) is 20.3 Å². The molecule has 0 aliphatic heterocycles. The van der Waals surface area contributed by atoms with E-state index in [2.05, 4.69) is 10.6 Å². The number of rotatable bonds is 8. The summed E-state index contributed by atoms with van der Waals surface area (Å²) >= 11 is 0. The van der Waals surface area contributed by atoms with Crippen molar-refractivity contribution in [2.45, 2.75) is 32.9 Å². The highest BCUT2D eigenvalue weighted by Crippen LogP contribution is 2.24. The van der Waals surface area contributed by atoms with Gasteiger partial charge in [0.15, 0.2) is 0 Å². The van der Waals surface area contributed by atoms with Crippen LogP contribution in [0.5, 0.6) is 11.5 Å². The van der Waals surface area contributed by atoms with Crippen LogP contribution in [0.2, 0.25) is 0 Å². The summed E-state index contributed by atoms with van der Waals surface area (Å²) in [6, 6.07) is 13.4. The minimum Gasteiger partial charge on any atom is -0.497 e. The van der Waals surface area contributed by atoms with Gasteiger partial charge >= 0.3 is 0 Å². The van der Waals surface area contributed by atoms with E-state index >= 15 is 0 Å². The van der Waals surface area contributed by atoms with Gasteiger partial charge in [-0.25, -0.2) is 0 Å². The molecular weight excluding hydrogens is 356 g/mol. The summed E-state index contributed by atoms with van der Waals surface area (Å²) in [5, 5.41) is 5.81. The van der Waals surface area contributed by atoms with Gasteiger partial charge in [-0.1, -0.05) is 32.0 Å². The summed E-state index contributed by atoms with van der Waals surface area (Å²) in [5.74, 6) is 0.753. The number of carbonyl (C=O) groups excluding carboxylic acids is 2. The lowest BCUT2D eigenvalue weighted by Gasteiger charge is -2.25. The fourth-order valence-corrected chi connectivity index (χ4v) is 2.91. The van der Waals surface area contributed by atoms with E-state index in [9.17, 15) is 9.59 Å². The van der Waals surface area contributed by atoms with E-state index in [0.717, 1.165) is 5.56 Å². The molecule has 0 fully saturated rings. The fourth-order valence-electron chi connectivity index (χ4n) is 2.91. The lowest BCUT2D eigenvalue weighted by Crippen LogP contribution is -2.50. The number of methoxy groups -OCH3 is 2. The van der Waals surface area contributed by atoms with Crippen LogP contribution in [0, 0.1) is 5.92 Å². The molecule has 6 nitrogen and oxygen atoms in total. The van der Waals surface area contributed by atoms with Crippen LogP contribution in [0.4, 0.5) is 0 Å². The zero-order chi connectivity index (χ0) is 20.7. The van der Waals surface area contributed by atoms with Gasteiger partial charge in [-0.3, -0.25) is 9.59 Å². The Morgan fingerprint density at radius 3 is 2.07 bits per heavy atom. The molecule has 2 N–H and O–H groups in total. The van der Waals surface area contributed by atoms with Crippen molar-refractivity contribution in [3.8, 4) is 11.5 Å². The van der Waals surface area contributed by atoms with E-state index in [4.69, 9.17) is 9.47 Å². The molecule has 0 heterocycles. The molecule has 6 heteroatoms. The summed E-state index contributed by atoms with van der Waals surface area (Å²) < 4.78 is 10.5. The van der Waals surface area contributed by atoms with E-state index in [0.29, 0.717) is 17.1 Å². The van der Waals surface area contributed by atoms with Crippen molar-refractivity contribution in [2.24, 2.45) is 5.92 Å². The predicted molar refractivity (Wildman–Crippen MR) is 109 cm³/mol. The van der Waals surface area contributed by atoms with E-state index in [1.807, 2.05) is 45.0 Å². The number of hydrogen-bond donors (Lipinski definition) is 2. The Morgan fingerprint density at radius 2 is 1.50 bits per heavy atom. The summed E-state index contributed by atoms with van der Waals surface area (Å²) in [4.78, 5) is 25.4. The number of hydrogen-bond acceptors (Lipinski definition) is 4. The Balaban J connectivity index is 2.09. The first-order valence-electron chi connectivity index (χ1n) is 9.25. The van der Waals surface area contributed by atoms with Crippen molar-refractivity contribution in [3.05, 3.63) is 59.7 Å². The van der Waals surface area contributed by atoms with Crippen LogP contribution in [0.1, 0.15) is 42.7 Å². The molecule has 0 radical (unpaired) electrons. The second kappa shape index (κ2) is 9.78. The molecule has 0 saturated carbocycles. The highest BCUT2D eigenvalue weighted by atomic mass is 16.5. The fraction of sp³-hybridized carbons (Fsp3) is 0.364. The third-order valence-corrected chi connectivity index (χ3v) is 4.55. The molecule has 0 aromatic heterocycles. The van der Waals surface area contributed by atoms with Gasteiger partial charge in [0.2, 0.25) is 5.91 Å². The normalized spacial score (nSPS) is 12.8. The van der Waals surface area contributed by atoms with Gasteiger partial charge in [0.25, 0.3) is 5.91 Å². The maximum Gasteiger partial charge on any atom is 0.251 e. The Bertz CT molecular complexity index is 802. The van der Waals surface area contributed by atoms with Gasteiger partial charge < -0.3 is 20.1 Å². The minimum atomic E-state index is -0.660. The monoisotopic (exact) mass is 384 g/mol. The van der Waals surface area contributed by atoms with E-state index in [1.165, 1.54) is 0 Å². The number of carbonyl (C=O) groups is 2. The second-order valence-electron chi connectivity index (χ2n) is 6.90. The molecule has 0 bridgehead atoms. The first-order valence-corrected chi connectivity index (χ1v) is 9.25. The Morgan fingerprint density at radius 1 is 0.857 bits per heavy atom. The van der Waals surface area contributed by atoms with Crippen LogP contribution in [-0.4, -0.2) is 32.1 Å². The summed E-state index contributed by atoms with van der Waals surface area (Å²) in [6.45, 7) is 5.68. The molecule has 0 saturated heterocycles. The molecule has 2 unspecified atom stereocenters. The predicted octanol–water partition coefficient (Wildman–Crippen LogP) is 3.34. The van der Waals surface area contributed by atoms with Gasteiger partial charge in [-0.15, -0.1) is 0 Å². The Labute approximate surface area is 166 Å². The summed E-state index contributed by atoms with van der Waals surface area (Å²) in [7, 11) is 3.16. The smallest absolute Gasteiger partial charge is 0.251 e. The molecule has 0 aliphatic carbocycles. The molecule has 150 valence electrons. The molecule has 2 aromatic carbocycles. The number of amides is 2. The zero-order valence-corrected chi connectivity index (χ0v) is 17.0. The maximum atomic E-state index is 12.8. The largest absolute Gasteiger partial charge is 0.497 e. The Kier molecular flexibility index (Phi) is 7.44. The van der Waals surface area contributed by atoms with Crippen LogP contribution in [-0.2, 0) is 4.79 Å². The van der Waals surface area contributed by atoms with Crippen LogP contribution in [0.15, 0.2) is 48.5 Å². The third kappa shape index (κ3) is 5.25. The van der Waals surface area contributed by atoms with Crippen molar-refractivity contribution >= 4 is 11.8 Å². The summed E-state index contributed by atoms with van der Waals surface area (Å²) in [6.07, 6.45) is 0. The molecule has 28 heavy (non-hydrogen) atoms. The van der Waals surface area contributed by atoms with Crippen LogP contribution in [0.3, 0.4) is 0 Å². The summed E-state index contributed by atoms with van der Waals surface area (Å²) in [5.41, 5.74) is 1.35. The molecule has 0 spiro atoms. The van der Waals surface area contributed by atoms with Crippen molar-refractivity contribution in [1.29, 1.82) is 0 Å². The molecule has 0 aliphatic rings. The van der Waals surface area contributed by atoms with E-state index < -0.39 is 6.04 Å². The lowest BCUT2D eigenvalue weighted by atomic mass is 10.0. The number of para-hydroxylation sites is 1. The van der Waals surface area contributed by atoms with Gasteiger partial charge in [-0.2, -0.15) is 0 Å². The standard InChI is InChI=1S/C22H28N2O4/c1-14(2)20(24-21(25)16-10-12-17(27-4)13-11-16)22(26)23-15(3)18-8-6-7-9-19(18)28-5/h6-15,20H,1-5H3,(H,23,26)(H,24,25). The van der Waals surface area contributed by atoms with E-state index in [-0.39, 0.29) is 23.8 Å². The maximum absolute atomic E-state index is 12.8. The molecule has 2 rings (SSSR count). The Hall–Kier alpha value is -3.02. The molecule has 2 aromatic rings. The van der Waals surface area contributed by atoms with Gasteiger partial charge in [-0.05, 0) is 43.2 Å². The number of ether oxygens (including phenoxy) is 2. The van der Waals surface area contributed by atoms with Gasteiger partial charge in [0, 0.05) is 11.1 Å².